The molecule has 0 spiro atoms. The van der Waals surface area contributed by atoms with Crippen molar-refractivity contribution in [2.75, 3.05) is 14.2 Å². The number of carboxylic acids is 1. The van der Waals surface area contributed by atoms with Crippen molar-refractivity contribution in [1.82, 2.24) is 5.32 Å². The molecular formula is C11H15ClN2O3. The quantitative estimate of drug-likeness (QED) is 0.734. The summed E-state index contributed by atoms with van der Waals surface area (Å²) in [5, 5.41) is 12.3. The van der Waals surface area contributed by atoms with E-state index in [9.17, 15) is 4.79 Å². The first-order valence-electron chi connectivity index (χ1n) is 5.00. The second-order valence-electron chi connectivity index (χ2n) is 3.52. The Kier molecular flexibility index (Phi) is 4.74. The Morgan fingerprint density at radius 2 is 2.24 bits per heavy atom. The van der Waals surface area contributed by atoms with Gasteiger partial charge in [0, 0.05) is 10.6 Å². The summed E-state index contributed by atoms with van der Waals surface area (Å²) >= 11 is 5.89. The van der Waals surface area contributed by atoms with Gasteiger partial charge in [-0.15, -0.1) is 0 Å². The maximum atomic E-state index is 10.9. The number of hydrogen-bond acceptors (Lipinski definition) is 4. The van der Waals surface area contributed by atoms with E-state index in [1.165, 1.54) is 7.11 Å². The van der Waals surface area contributed by atoms with Gasteiger partial charge in [0.15, 0.2) is 0 Å². The molecule has 2 atom stereocenters. The molecule has 0 fully saturated rings. The number of carboxylic acid groups (broad SMARTS) is 1. The van der Waals surface area contributed by atoms with E-state index in [1.807, 2.05) is 0 Å². The highest BCUT2D eigenvalue weighted by molar-refractivity contribution is 6.30. The first kappa shape index (κ1) is 13.8. The second kappa shape index (κ2) is 5.86. The summed E-state index contributed by atoms with van der Waals surface area (Å²) in [6.07, 6.45) is 0. The molecule has 1 aromatic carbocycles. The summed E-state index contributed by atoms with van der Waals surface area (Å²) in [4.78, 5) is 10.9. The van der Waals surface area contributed by atoms with Crippen LogP contribution in [0.3, 0.4) is 0 Å². The molecule has 6 heteroatoms. The van der Waals surface area contributed by atoms with Crippen molar-refractivity contribution in [3.8, 4) is 5.75 Å². The number of nitrogens with one attached hydrogen (secondary N) is 1. The highest BCUT2D eigenvalue weighted by Gasteiger charge is 2.27. The minimum Gasteiger partial charge on any atom is -0.496 e. The predicted molar refractivity (Wildman–Crippen MR) is 65.4 cm³/mol. The van der Waals surface area contributed by atoms with Crippen LogP contribution < -0.4 is 15.8 Å². The summed E-state index contributed by atoms with van der Waals surface area (Å²) < 4.78 is 5.17. The number of halogens is 1. The number of methoxy groups -OCH3 is 1. The zero-order valence-corrected chi connectivity index (χ0v) is 10.4. The number of carbonyl (C=O) groups is 1. The third-order valence-electron chi connectivity index (χ3n) is 2.48. The normalized spacial score (nSPS) is 14.1. The number of likely N-dealkylation sites (N-methyl/N-ethyl adjacent to an activating group) is 1. The number of benzene rings is 1. The Morgan fingerprint density at radius 3 is 2.71 bits per heavy atom. The summed E-state index contributed by atoms with van der Waals surface area (Å²) in [6, 6.07) is 3.35. The number of hydrogen-bond donors (Lipinski definition) is 3. The molecule has 0 aliphatic rings. The summed E-state index contributed by atoms with van der Waals surface area (Å²) in [5.74, 6) is -0.545. The highest BCUT2D eigenvalue weighted by atomic mass is 35.5. The topological polar surface area (TPSA) is 84.6 Å². The summed E-state index contributed by atoms with van der Waals surface area (Å²) in [7, 11) is 3.14. The molecule has 1 aromatic rings. The van der Waals surface area contributed by atoms with E-state index in [-0.39, 0.29) is 0 Å². The third-order valence-corrected chi connectivity index (χ3v) is 2.72. The van der Waals surface area contributed by atoms with Crippen LogP contribution >= 0.6 is 11.6 Å². The van der Waals surface area contributed by atoms with Crippen LogP contribution in [0.5, 0.6) is 5.75 Å². The van der Waals surface area contributed by atoms with Crippen molar-refractivity contribution in [2.24, 2.45) is 5.73 Å². The fourth-order valence-electron chi connectivity index (χ4n) is 1.62. The standard InChI is InChI=1S/C11H15ClN2O3/c1-14-10(9(13)11(15)16)7-5-6(12)3-4-8(7)17-2/h3-5,9-10,14H,13H2,1-2H3,(H,15,16). The van der Waals surface area contributed by atoms with Gasteiger partial charge in [0.25, 0.3) is 0 Å². The lowest BCUT2D eigenvalue weighted by atomic mass is 9.99. The lowest BCUT2D eigenvalue weighted by Gasteiger charge is -2.22. The molecule has 0 saturated carbocycles. The monoisotopic (exact) mass is 258 g/mol. The lowest BCUT2D eigenvalue weighted by molar-refractivity contribution is -0.139. The van der Waals surface area contributed by atoms with Crippen molar-refractivity contribution in [3.63, 3.8) is 0 Å². The van der Waals surface area contributed by atoms with Crippen LogP contribution in [0.4, 0.5) is 0 Å². The first-order chi connectivity index (χ1) is 8.01. The molecule has 1 rings (SSSR count). The van der Waals surface area contributed by atoms with Gasteiger partial charge in [0.2, 0.25) is 0 Å². The second-order valence-corrected chi connectivity index (χ2v) is 3.95. The van der Waals surface area contributed by atoms with Gasteiger partial charge in [-0.1, -0.05) is 11.6 Å². The highest BCUT2D eigenvalue weighted by Crippen LogP contribution is 2.29. The van der Waals surface area contributed by atoms with Crippen LogP contribution in [0.2, 0.25) is 5.02 Å². The lowest BCUT2D eigenvalue weighted by Crippen LogP contribution is -2.42. The van der Waals surface area contributed by atoms with Crippen LogP contribution in [0.25, 0.3) is 0 Å². The molecule has 0 heterocycles. The Hall–Kier alpha value is -1.30. The van der Waals surface area contributed by atoms with Gasteiger partial charge in [-0.3, -0.25) is 4.79 Å². The van der Waals surface area contributed by atoms with Crippen LogP contribution in [0.15, 0.2) is 18.2 Å². The Bertz CT molecular complexity index is 412. The largest absolute Gasteiger partial charge is 0.496 e. The zero-order chi connectivity index (χ0) is 13.0. The number of nitrogens with two attached hydrogens (primary N) is 1. The third kappa shape index (κ3) is 3.09. The van der Waals surface area contributed by atoms with E-state index in [0.29, 0.717) is 16.3 Å². The first-order valence-corrected chi connectivity index (χ1v) is 5.38. The van der Waals surface area contributed by atoms with Crippen molar-refractivity contribution in [1.29, 1.82) is 0 Å². The van der Waals surface area contributed by atoms with E-state index >= 15 is 0 Å². The van der Waals surface area contributed by atoms with Crippen LogP contribution in [-0.4, -0.2) is 31.3 Å². The van der Waals surface area contributed by atoms with Gasteiger partial charge >= 0.3 is 5.97 Å². The molecule has 94 valence electrons. The summed E-state index contributed by atoms with van der Waals surface area (Å²) in [5.41, 5.74) is 6.24. The maximum Gasteiger partial charge on any atom is 0.322 e. The maximum absolute atomic E-state index is 10.9. The van der Waals surface area contributed by atoms with Gasteiger partial charge in [-0.05, 0) is 25.2 Å². The fourth-order valence-corrected chi connectivity index (χ4v) is 1.80. The van der Waals surface area contributed by atoms with Crippen LogP contribution in [0, 0.1) is 0 Å². The molecule has 2 unspecified atom stereocenters. The van der Waals surface area contributed by atoms with Crippen molar-refractivity contribution >= 4 is 17.6 Å². The Balaban J connectivity index is 3.18. The average Bonchev–Trinajstić information content (AvgIpc) is 2.30. The fraction of sp³-hybridized carbons (Fsp3) is 0.364. The Morgan fingerprint density at radius 1 is 1.59 bits per heavy atom. The van der Waals surface area contributed by atoms with Crippen LogP contribution in [0.1, 0.15) is 11.6 Å². The van der Waals surface area contributed by atoms with Crippen LogP contribution in [-0.2, 0) is 4.79 Å². The Labute approximate surface area is 105 Å². The molecule has 0 radical (unpaired) electrons. The smallest absolute Gasteiger partial charge is 0.322 e. The molecule has 0 aliphatic carbocycles. The van der Waals surface area contributed by atoms with Crippen molar-refractivity contribution < 1.29 is 14.6 Å². The number of ether oxygens (including phenoxy) is 1. The molecule has 4 N–H and O–H groups in total. The van der Waals surface area contributed by atoms with E-state index in [2.05, 4.69) is 5.32 Å². The summed E-state index contributed by atoms with van der Waals surface area (Å²) in [6.45, 7) is 0. The molecule has 0 aromatic heterocycles. The predicted octanol–water partition coefficient (Wildman–Crippen LogP) is 1.02. The minimum absolute atomic E-state index is 0.499. The molecule has 0 saturated heterocycles. The molecule has 17 heavy (non-hydrogen) atoms. The number of rotatable bonds is 5. The molecule has 5 nitrogen and oxygen atoms in total. The van der Waals surface area contributed by atoms with Crippen molar-refractivity contribution in [2.45, 2.75) is 12.1 Å². The van der Waals surface area contributed by atoms with E-state index in [1.54, 1.807) is 25.2 Å². The van der Waals surface area contributed by atoms with E-state index in [0.717, 1.165) is 0 Å². The van der Waals surface area contributed by atoms with E-state index in [4.69, 9.17) is 27.2 Å². The zero-order valence-electron chi connectivity index (χ0n) is 9.61. The van der Waals surface area contributed by atoms with Gasteiger partial charge in [-0.25, -0.2) is 0 Å². The molecule has 0 aliphatic heterocycles. The van der Waals surface area contributed by atoms with Gasteiger partial charge in [-0.2, -0.15) is 0 Å². The average molecular weight is 259 g/mol. The SMILES string of the molecule is CNC(c1cc(Cl)ccc1OC)C(N)C(=O)O. The van der Waals surface area contributed by atoms with E-state index < -0.39 is 18.1 Å². The molecular weight excluding hydrogens is 244 g/mol. The van der Waals surface area contributed by atoms with Gasteiger partial charge < -0.3 is 20.9 Å². The van der Waals surface area contributed by atoms with Gasteiger partial charge in [0.1, 0.15) is 11.8 Å². The van der Waals surface area contributed by atoms with Crippen molar-refractivity contribution in [3.05, 3.63) is 28.8 Å². The minimum atomic E-state index is -1.09. The molecule has 0 amide bonds. The number of aliphatic carboxylic acids is 1. The van der Waals surface area contributed by atoms with Gasteiger partial charge in [0.05, 0.1) is 13.2 Å². The molecule has 0 bridgehead atoms.